The first-order chi connectivity index (χ1) is 11.7. The van der Waals surface area contributed by atoms with Crippen molar-refractivity contribution >= 4 is 11.7 Å². The van der Waals surface area contributed by atoms with Crippen LogP contribution in [0.5, 0.6) is 0 Å². The highest BCUT2D eigenvalue weighted by Crippen LogP contribution is 2.29. The van der Waals surface area contributed by atoms with Crippen LogP contribution in [0.2, 0.25) is 0 Å². The number of benzene rings is 1. The molecule has 0 bridgehead atoms. The van der Waals surface area contributed by atoms with Gasteiger partial charge in [0.2, 0.25) is 0 Å². The molecular weight excluding hydrogens is 304 g/mol. The second kappa shape index (κ2) is 7.49. The zero-order chi connectivity index (χ0) is 16.9. The molecule has 0 aliphatic carbocycles. The van der Waals surface area contributed by atoms with Crippen LogP contribution in [0.4, 0.5) is 5.82 Å². The summed E-state index contributed by atoms with van der Waals surface area (Å²) in [6.45, 7) is 4.14. The Hall–Kier alpha value is -2.34. The van der Waals surface area contributed by atoms with E-state index in [1.807, 2.05) is 35.2 Å². The lowest BCUT2D eigenvalue weighted by Crippen LogP contribution is -2.38. The van der Waals surface area contributed by atoms with Gasteiger partial charge < -0.3 is 15.4 Å². The Bertz CT molecular complexity index is 678. The van der Waals surface area contributed by atoms with Gasteiger partial charge in [-0.2, -0.15) is 5.10 Å². The van der Waals surface area contributed by atoms with E-state index in [2.05, 4.69) is 17.1 Å². The third kappa shape index (κ3) is 3.43. The molecule has 0 radical (unpaired) electrons. The van der Waals surface area contributed by atoms with Crippen LogP contribution in [-0.4, -0.2) is 46.8 Å². The largest absolute Gasteiger partial charge is 0.382 e. The van der Waals surface area contributed by atoms with Crippen molar-refractivity contribution in [2.24, 2.45) is 0 Å². The van der Waals surface area contributed by atoms with E-state index in [0.29, 0.717) is 30.2 Å². The molecule has 2 aromatic rings. The van der Waals surface area contributed by atoms with Gasteiger partial charge in [0.25, 0.3) is 5.91 Å². The number of nitrogens with zero attached hydrogens (tertiary/aromatic N) is 2. The lowest BCUT2D eigenvalue weighted by Gasteiger charge is -2.25. The predicted octanol–water partition coefficient (Wildman–Crippen LogP) is 2.69. The molecule has 1 aromatic carbocycles. The van der Waals surface area contributed by atoms with Crippen molar-refractivity contribution in [1.82, 2.24) is 15.1 Å². The van der Waals surface area contributed by atoms with Crippen LogP contribution in [0, 0.1) is 0 Å². The number of ether oxygens (including phenoxy) is 1. The number of carbonyl (C=O) groups is 1. The lowest BCUT2D eigenvalue weighted by molar-refractivity contribution is 0.0522. The van der Waals surface area contributed by atoms with E-state index >= 15 is 0 Å². The standard InChI is InChI=1S/C18H24N4O2/c1-2-10-22(12-14-9-6-11-24-14)18(23)16-15(17(19)21-20-16)13-7-4-3-5-8-13/h3-5,7-8,14H,2,6,9-12H2,1H3,(H3,19,20,21)/t14-/m1/s1. The maximum absolute atomic E-state index is 13.1. The summed E-state index contributed by atoms with van der Waals surface area (Å²) in [5.41, 5.74) is 8.02. The Labute approximate surface area is 142 Å². The Morgan fingerprint density at radius 3 is 2.88 bits per heavy atom. The Kier molecular flexibility index (Phi) is 5.15. The second-order valence-corrected chi connectivity index (χ2v) is 6.11. The van der Waals surface area contributed by atoms with Gasteiger partial charge in [-0.1, -0.05) is 37.3 Å². The highest BCUT2D eigenvalue weighted by molar-refractivity contribution is 6.01. The third-order valence-electron chi connectivity index (χ3n) is 4.30. The number of aromatic amines is 1. The molecular formula is C18H24N4O2. The summed E-state index contributed by atoms with van der Waals surface area (Å²) in [4.78, 5) is 14.9. The number of anilines is 1. The summed E-state index contributed by atoms with van der Waals surface area (Å²) >= 11 is 0. The molecule has 1 aliphatic rings. The predicted molar refractivity (Wildman–Crippen MR) is 93.6 cm³/mol. The number of nitrogens with two attached hydrogens (primary N) is 1. The van der Waals surface area contributed by atoms with Crippen molar-refractivity contribution in [3.8, 4) is 11.1 Å². The maximum Gasteiger partial charge on any atom is 0.272 e. The molecule has 3 N–H and O–H groups in total. The van der Waals surface area contributed by atoms with E-state index in [-0.39, 0.29) is 12.0 Å². The van der Waals surface area contributed by atoms with Crippen molar-refractivity contribution in [1.29, 1.82) is 0 Å². The van der Waals surface area contributed by atoms with Crippen LogP contribution in [0.25, 0.3) is 11.1 Å². The van der Waals surface area contributed by atoms with Crippen LogP contribution in [-0.2, 0) is 4.74 Å². The van der Waals surface area contributed by atoms with Gasteiger partial charge in [0.05, 0.1) is 11.7 Å². The Morgan fingerprint density at radius 2 is 2.21 bits per heavy atom. The fourth-order valence-electron chi connectivity index (χ4n) is 3.15. The zero-order valence-electron chi connectivity index (χ0n) is 14.0. The van der Waals surface area contributed by atoms with Crippen LogP contribution < -0.4 is 5.73 Å². The van der Waals surface area contributed by atoms with E-state index in [1.165, 1.54) is 0 Å². The molecule has 0 unspecified atom stereocenters. The molecule has 1 aliphatic heterocycles. The number of H-pyrrole nitrogens is 1. The minimum atomic E-state index is -0.0737. The van der Waals surface area contributed by atoms with E-state index < -0.39 is 0 Å². The SMILES string of the molecule is CCCN(C[C@H]1CCCO1)C(=O)c1[nH]nc(N)c1-c1ccccc1. The normalized spacial score (nSPS) is 17.1. The minimum Gasteiger partial charge on any atom is -0.382 e. The third-order valence-corrected chi connectivity index (χ3v) is 4.30. The summed E-state index contributed by atoms with van der Waals surface area (Å²) in [7, 11) is 0. The number of carbonyl (C=O) groups excluding carboxylic acids is 1. The summed E-state index contributed by atoms with van der Waals surface area (Å²) in [5, 5.41) is 6.89. The zero-order valence-corrected chi connectivity index (χ0v) is 14.0. The molecule has 6 heteroatoms. The molecule has 3 rings (SSSR count). The number of rotatable bonds is 6. The van der Waals surface area contributed by atoms with Gasteiger partial charge in [-0.3, -0.25) is 9.89 Å². The molecule has 0 saturated carbocycles. The van der Waals surface area contributed by atoms with Crippen molar-refractivity contribution in [3.63, 3.8) is 0 Å². The van der Waals surface area contributed by atoms with E-state index in [1.54, 1.807) is 0 Å². The van der Waals surface area contributed by atoms with Crippen LogP contribution in [0.1, 0.15) is 36.7 Å². The number of amides is 1. The van der Waals surface area contributed by atoms with Gasteiger partial charge in [0.15, 0.2) is 5.82 Å². The summed E-state index contributed by atoms with van der Waals surface area (Å²) in [5.74, 6) is 0.272. The van der Waals surface area contributed by atoms with Gasteiger partial charge in [0, 0.05) is 19.7 Å². The molecule has 24 heavy (non-hydrogen) atoms. The molecule has 6 nitrogen and oxygen atoms in total. The summed E-state index contributed by atoms with van der Waals surface area (Å²) < 4.78 is 5.69. The Balaban J connectivity index is 1.87. The number of hydrogen-bond donors (Lipinski definition) is 2. The number of hydrogen-bond acceptors (Lipinski definition) is 4. The van der Waals surface area contributed by atoms with Crippen molar-refractivity contribution in [2.45, 2.75) is 32.3 Å². The fraction of sp³-hybridized carbons (Fsp3) is 0.444. The van der Waals surface area contributed by atoms with Crippen molar-refractivity contribution in [2.75, 3.05) is 25.4 Å². The first-order valence-corrected chi connectivity index (χ1v) is 8.50. The summed E-state index contributed by atoms with van der Waals surface area (Å²) in [6, 6.07) is 9.64. The molecule has 1 fully saturated rings. The monoisotopic (exact) mass is 328 g/mol. The fourth-order valence-corrected chi connectivity index (χ4v) is 3.15. The van der Waals surface area contributed by atoms with E-state index in [0.717, 1.165) is 31.4 Å². The average Bonchev–Trinajstić information content (AvgIpc) is 3.24. The van der Waals surface area contributed by atoms with Gasteiger partial charge in [-0.15, -0.1) is 0 Å². The number of aromatic nitrogens is 2. The molecule has 1 saturated heterocycles. The quantitative estimate of drug-likeness (QED) is 0.854. The highest BCUT2D eigenvalue weighted by Gasteiger charge is 2.27. The smallest absolute Gasteiger partial charge is 0.272 e. The van der Waals surface area contributed by atoms with Crippen molar-refractivity contribution in [3.05, 3.63) is 36.0 Å². The summed E-state index contributed by atoms with van der Waals surface area (Å²) in [6.07, 6.45) is 3.08. The minimum absolute atomic E-state index is 0.0737. The first-order valence-electron chi connectivity index (χ1n) is 8.50. The first kappa shape index (κ1) is 16.5. The van der Waals surface area contributed by atoms with Gasteiger partial charge in [0.1, 0.15) is 5.69 Å². The van der Waals surface area contributed by atoms with Crippen LogP contribution >= 0.6 is 0 Å². The van der Waals surface area contributed by atoms with Crippen LogP contribution in [0.15, 0.2) is 30.3 Å². The van der Waals surface area contributed by atoms with Crippen LogP contribution in [0.3, 0.4) is 0 Å². The molecule has 128 valence electrons. The molecule has 1 aromatic heterocycles. The van der Waals surface area contributed by atoms with E-state index in [4.69, 9.17) is 10.5 Å². The highest BCUT2D eigenvalue weighted by atomic mass is 16.5. The number of nitrogens with one attached hydrogen (secondary N) is 1. The lowest BCUT2D eigenvalue weighted by atomic mass is 10.0. The molecule has 0 spiro atoms. The maximum atomic E-state index is 13.1. The topological polar surface area (TPSA) is 84.2 Å². The van der Waals surface area contributed by atoms with Gasteiger partial charge >= 0.3 is 0 Å². The van der Waals surface area contributed by atoms with Gasteiger partial charge in [-0.05, 0) is 24.8 Å². The Morgan fingerprint density at radius 1 is 1.42 bits per heavy atom. The van der Waals surface area contributed by atoms with Crippen molar-refractivity contribution < 1.29 is 9.53 Å². The molecule has 1 atom stereocenters. The average molecular weight is 328 g/mol. The second-order valence-electron chi connectivity index (χ2n) is 6.11. The van der Waals surface area contributed by atoms with E-state index in [9.17, 15) is 4.79 Å². The number of nitrogen functional groups attached to an aromatic ring is 1. The van der Waals surface area contributed by atoms with Gasteiger partial charge in [-0.25, -0.2) is 0 Å². The molecule has 1 amide bonds. The molecule has 2 heterocycles.